The van der Waals surface area contributed by atoms with Gasteiger partial charge in [-0.05, 0) is 38.1 Å². The third kappa shape index (κ3) is 3.67. The standard InChI is InChI=1S/C14H28N2O/c1-2-15-13-9-12(7-8-17)10-16(11-13)14-5-3-4-6-14/h12-15,17H,2-11H2,1H3. The van der Waals surface area contributed by atoms with E-state index in [2.05, 4.69) is 17.1 Å². The van der Waals surface area contributed by atoms with Gasteiger partial charge in [0.25, 0.3) is 0 Å². The van der Waals surface area contributed by atoms with Gasteiger partial charge in [0, 0.05) is 31.8 Å². The van der Waals surface area contributed by atoms with Crippen LogP contribution < -0.4 is 5.32 Å². The SMILES string of the molecule is CCNC1CC(CCO)CN(C2CCCC2)C1. The van der Waals surface area contributed by atoms with Crippen LogP contribution in [0, 0.1) is 5.92 Å². The van der Waals surface area contributed by atoms with E-state index in [0.29, 0.717) is 18.6 Å². The van der Waals surface area contributed by atoms with E-state index < -0.39 is 0 Å². The van der Waals surface area contributed by atoms with Gasteiger partial charge in [-0.25, -0.2) is 0 Å². The first-order valence-corrected chi connectivity index (χ1v) is 7.41. The van der Waals surface area contributed by atoms with E-state index >= 15 is 0 Å². The topological polar surface area (TPSA) is 35.5 Å². The van der Waals surface area contributed by atoms with Crippen molar-refractivity contribution in [2.24, 2.45) is 5.92 Å². The Labute approximate surface area is 106 Å². The van der Waals surface area contributed by atoms with E-state index in [9.17, 15) is 0 Å². The summed E-state index contributed by atoms with van der Waals surface area (Å²) in [6, 6.07) is 1.48. The largest absolute Gasteiger partial charge is 0.396 e. The number of nitrogens with zero attached hydrogens (tertiary/aromatic N) is 1. The van der Waals surface area contributed by atoms with Crippen LogP contribution in [0.4, 0.5) is 0 Å². The van der Waals surface area contributed by atoms with Crippen LogP contribution in [0.15, 0.2) is 0 Å². The number of likely N-dealkylation sites (tertiary alicyclic amines) is 1. The normalized spacial score (nSPS) is 32.1. The van der Waals surface area contributed by atoms with E-state index in [4.69, 9.17) is 5.11 Å². The fraction of sp³-hybridized carbons (Fsp3) is 1.00. The van der Waals surface area contributed by atoms with Crippen LogP contribution in [0.1, 0.15) is 45.4 Å². The Morgan fingerprint density at radius 1 is 1.24 bits per heavy atom. The highest BCUT2D eigenvalue weighted by Crippen LogP contribution is 2.29. The van der Waals surface area contributed by atoms with Gasteiger partial charge >= 0.3 is 0 Å². The molecule has 100 valence electrons. The second-order valence-corrected chi connectivity index (χ2v) is 5.76. The molecule has 0 aromatic rings. The minimum Gasteiger partial charge on any atom is -0.396 e. The lowest BCUT2D eigenvalue weighted by Gasteiger charge is -2.41. The van der Waals surface area contributed by atoms with Crippen LogP contribution in [0.2, 0.25) is 0 Å². The summed E-state index contributed by atoms with van der Waals surface area (Å²) in [6.07, 6.45) is 7.84. The molecule has 2 atom stereocenters. The van der Waals surface area contributed by atoms with Crippen molar-refractivity contribution in [1.29, 1.82) is 0 Å². The van der Waals surface area contributed by atoms with Crippen molar-refractivity contribution in [3.63, 3.8) is 0 Å². The Bertz CT molecular complexity index is 202. The Kier molecular flexibility index (Phi) is 5.26. The van der Waals surface area contributed by atoms with E-state index in [0.717, 1.165) is 19.0 Å². The summed E-state index contributed by atoms with van der Waals surface area (Å²) in [4.78, 5) is 2.70. The summed E-state index contributed by atoms with van der Waals surface area (Å²) in [5.74, 6) is 0.693. The monoisotopic (exact) mass is 240 g/mol. The van der Waals surface area contributed by atoms with Crippen molar-refractivity contribution >= 4 is 0 Å². The van der Waals surface area contributed by atoms with Crippen molar-refractivity contribution in [3.05, 3.63) is 0 Å². The predicted molar refractivity (Wildman–Crippen MR) is 71.1 cm³/mol. The number of likely N-dealkylation sites (N-methyl/N-ethyl adjacent to an activating group) is 1. The molecule has 3 heteroatoms. The Morgan fingerprint density at radius 3 is 2.65 bits per heavy atom. The summed E-state index contributed by atoms with van der Waals surface area (Å²) in [5, 5.41) is 12.8. The summed E-state index contributed by atoms with van der Waals surface area (Å²) in [5.41, 5.74) is 0. The summed E-state index contributed by atoms with van der Waals surface area (Å²) < 4.78 is 0. The molecule has 0 aromatic heterocycles. The number of hydrogen-bond donors (Lipinski definition) is 2. The number of aliphatic hydroxyl groups is 1. The molecular formula is C14H28N2O. The van der Waals surface area contributed by atoms with Gasteiger partial charge in [0.2, 0.25) is 0 Å². The average Bonchev–Trinajstić information content (AvgIpc) is 2.83. The van der Waals surface area contributed by atoms with Crippen LogP contribution in [-0.4, -0.2) is 48.3 Å². The smallest absolute Gasteiger partial charge is 0.0434 e. The van der Waals surface area contributed by atoms with Gasteiger partial charge in [-0.1, -0.05) is 19.8 Å². The molecule has 2 rings (SSSR count). The second kappa shape index (κ2) is 6.72. The quantitative estimate of drug-likeness (QED) is 0.766. The lowest BCUT2D eigenvalue weighted by atomic mass is 9.90. The van der Waals surface area contributed by atoms with Crippen LogP contribution >= 0.6 is 0 Å². The first-order chi connectivity index (χ1) is 8.33. The highest BCUT2D eigenvalue weighted by atomic mass is 16.3. The molecule has 1 saturated carbocycles. The molecular weight excluding hydrogens is 212 g/mol. The molecule has 1 heterocycles. The zero-order valence-corrected chi connectivity index (χ0v) is 11.2. The highest BCUT2D eigenvalue weighted by Gasteiger charge is 2.31. The molecule has 2 fully saturated rings. The maximum absolute atomic E-state index is 9.15. The van der Waals surface area contributed by atoms with Crippen LogP contribution in [0.25, 0.3) is 0 Å². The lowest BCUT2D eigenvalue weighted by molar-refractivity contribution is 0.0868. The van der Waals surface area contributed by atoms with Crippen molar-refractivity contribution in [2.45, 2.75) is 57.5 Å². The van der Waals surface area contributed by atoms with Crippen LogP contribution in [-0.2, 0) is 0 Å². The van der Waals surface area contributed by atoms with Crippen molar-refractivity contribution < 1.29 is 5.11 Å². The number of hydrogen-bond acceptors (Lipinski definition) is 3. The van der Waals surface area contributed by atoms with Gasteiger partial charge in [-0.2, -0.15) is 0 Å². The van der Waals surface area contributed by atoms with Crippen LogP contribution in [0.5, 0.6) is 0 Å². The number of aliphatic hydroxyl groups excluding tert-OH is 1. The lowest BCUT2D eigenvalue weighted by Crippen LogP contribution is -2.52. The average molecular weight is 240 g/mol. The third-order valence-corrected chi connectivity index (χ3v) is 4.44. The fourth-order valence-corrected chi connectivity index (χ4v) is 3.64. The second-order valence-electron chi connectivity index (χ2n) is 5.76. The maximum Gasteiger partial charge on any atom is 0.0434 e. The number of piperidine rings is 1. The van der Waals surface area contributed by atoms with Gasteiger partial charge in [0.1, 0.15) is 0 Å². The van der Waals surface area contributed by atoms with E-state index in [1.165, 1.54) is 45.2 Å². The zero-order chi connectivity index (χ0) is 12.1. The first-order valence-electron chi connectivity index (χ1n) is 7.41. The fourth-order valence-electron chi connectivity index (χ4n) is 3.64. The molecule has 3 nitrogen and oxygen atoms in total. The molecule has 0 radical (unpaired) electrons. The van der Waals surface area contributed by atoms with Gasteiger partial charge in [0.15, 0.2) is 0 Å². The number of rotatable bonds is 5. The molecule has 1 aliphatic carbocycles. The molecule has 1 saturated heterocycles. The maximum atomic E-state index is 9.15. The van der Waals surface area contributed by atoms with E-state index in [1.807, 2.05) is 0 Å². The predicted octanol–water partition coefficient (Wildman–Crippen LogP) is 1.61. The first kappa shape index (κ1) is 13.3. The Morgan fingerprint density at radius 2 is 2.00 bits per heavy atom. The molecule has 0 aromatic carbocycles. The molecule has 0 amide bonds. The molecule has 0 spiro atoms. The minimum absolute atomic E-state index is 0.349. The van der Waals surface area contributed by atoms with Crippen molar-refractivity contribution in [3.8, 4) is 0 Å². The molecule has 17 heavy (non-hydrogen) atoms. The summed E-state index contributed by atoms with van der Waals surface area (Å²) in [7, 11) is 0. The van der Waals surface area contributed by atoms with Crippen molar-refractivity contribution in [1.82, 2.24) is 10.2 Å². The molecule has 2 unspecified atom stereocenters. The van der Waals surface area contributed by atoms with Crippen molar-refractivity contribution in [2.75, 3.05) is 26.2 Å². The molecule has 0 bridgehead atoms. The minimum atomic E-state index is 0.349. The Balaban J connectivity index is 1.90. The van der Waals surface area contributed by atoms with E-state index in [1.54, 1.807) is 0 Å². The van der Waals surface area contributed by atoms with Gasteiger partial charge in [0.05, 0.1) is 0 Å². The zero-order valence-electron chi connectivity index (χ0n) is 11.2. The Hall–Kier alpha value is -0.120. The van der Waals surface area contributed by atoms with Gasteiger partial charge < -0.3 is 10.4 Å². The number of nitrogens with one attached hydrogen (secondary N) is 1. The summed E-state index contributed by atoms with van der Waals surface area (Å²) in [6.45, 7) is 6.04. The van der Waals surface area contributed by atoms with Crippen LogP contribution in [0.3, 0.4) is 0 Å². The van der Waals surface area contributed by atoms with Gasteiger partial charge in [-0.15, -0.1) is 0 Å². The summed E-state index contributed by atoms with van der Waals surface area (Å²) >= 11 is 0. The third-order valence-electron chi connectivity index (χ3n) is 4.44. The molecule has 2 N–H and O–H groups in total. The van der Waals surface area contributed by atoms with Gasteiger partial charge in [-0.3, -0.25) is 4.90 Å². The van der Waals surface area contributed by atoms with E-state index in [-0.39, 0.29) is 0 Å². The molecule has 1 aliphatic heterocycles. The highest BCUT2D eigenvalue weighted by molar-refractivity contribution is 4.88. The molecule has 2 aliphatic rings.